The van der Waals surface area contributed by atoms with Crippen molar-refractivity contribution in [3.05, 3.63) is 298 Å². The molecule has 0 radical (unpaired) electrons. The minimum Gasteiger partial charge on any atom is -0.478 e. The molecule has 0 amide bonds. The van der Waals surface area contributed by atoms with Gasteiger partial charge >= 0.3 is 24.1 Å². The summed E-state index contributed by atoms with van der Waals surface area (Å²) >= 11 is 0. The van der Waals surface area contributed by atoms with E-state index in [1.807, 2.05) is 79.7 Å². The van der Waals surface area contributed by atoms with Crippen molar-refractivity contribution in [3.63, 3.8) is 0 Å². The third-order valence-electron chi connectivity index (χ3n) is 15.0. The molecule has 0 atom stereocenters. The van der Waals surface area contributed by atoms with Crippen molar-refractivity contribution in [1.29, 1.82) is 0 Å². The number of aromatic carboxylic acids is 3. The Balaban J connectivity index is 0.000000180. The highest BCUT2D eigenvalue weighted by atomic mass is 32.2. The van der Waals surface area contributed by atoms with Crippen LogP contribution >= 0.6 is 0 Å². The van der Waals surface area contributed by atoms with E-state index in [4.69, 9.17) is 0 Å². The van der Waals surface area contributed by atoms with E-state index in [-0.39, 0.29) is 21.0 Å². The molecular weight excluding hydrogens is 1250 g/mol. The first kappa shape index (κ1) is 68.8. The van der Waals surface area contributed by atoms with Crippen molar-refractivity contribution < 1.29 is 68.1 Å². The maximum Gasteiger partial charge on any atom is 0.416 e. The van der Waals surface area contributed by atoms with Crippen LogP contribution in [-0.2, 0) is 74.8 Å². The molecular formula is C72H66F3N3O12S3. The van der Waals surface area contributed by atoms with E-state index in [0.717, 1.165) is 51.4 Å². The fourth-order valence-electron chi connectivity index (χ4n) is 10.4. The number of halogens is 3. The molecule has 10 aromatic carbocycles. The SMILES string of the molecule is Cc1ccc(S(=O)(=O)Nc2ccccc2CCCc2ccccc2C(=O)O)cc1.O=C(O)c1ccccc1CCCc1ccccc1NS(=O)(=O)c1cccc(C(F)(F)F)c1.O=C(O)c1ccccc1CCCc1ccccc1NS(=O)(=O)c1cccc2ccccc12. The van der Waals surface area contributed by atoms with Crippen molar-refractivity contribution in [2.75, 3.05) is 14.2 Å². The van der Waals surface area contributed by atoms with Crippen LogP contribution < -0.4 is 14.2 Å². The zero-order chi connectivity index (χ0) is 66.8. The van der Waals surface area contributed by atoms with Crippen molar-refractivity contribution in [1.82, 2.24) is 0 Å². The number of nitrogens with one attached hydrogen (secondary N) is 3. The minimum atomic E-state index is -4.66. The highest BCUT2D eigenvalue weighted by Gasteiger charge is 2.32. The molecule has 15 nitrogen and oxygen atoms in total. The lowest BCUT2D eigenvalue weighted by Gasteiger charge is -2.14. The summed E-state index contributed by atoms with van der Waals surface area (Å²) in [4.78, 5) is 34.1. The van der Waals surface area contributed by atoms with Crippen LogP contribution in [0.5, 0.6) is 0 Å². The van der Waals surface area contributed by atoms with E-state index in [2.05, 4.69) is 14.2 Å². The number of hydrogen-bond donors (Lipinski definition) is 6. The molecule has 0 fully saturated rings. The number of carbonyl (C=O) groups is 3. The van der Waals surface area contributed by atoms with Crippen LogP contribution in [0, 0.1) is 6.92 Å². The van der Waals surface area contributed by atoms with Gasteiger partial charge in [-0.05, 0) is 176 Å². The molecule has 21 heteroatoms. The van der Waals surface area contributed by atoms with Crippen molar-refractivity contribution in [3.8, 4) is 0 Å². The molecule has 0 aromatic heterocycles. The smallest absolute Gasteiger partial charge is 0.416 e. The van der Waals surface area contributed by atoms with Crippen LogP contribution in [-0.4, -0.2) is 58.5 Å². The van der Waals surface area contributed by atoms with E-state index >= 15 is 0 Å². The Morgan fingerprint density at radius 2 is 0.699 bits per heavy atom. The summed E-state index contributed by atoms with van der Waals surface area (Å²) in [5, 5.41) is 29.5. The normalized spacial score (nSPS) is 11.5. The van der Waals surface area contributed by atoms with Gasteiger partial charge in [0.15, 0.2) is 0 Å². The quantitative estimate of drug-likeness (QED) is 0.0331. The lowest BCUT2D eigenvalue weighted by molar-refractivity contribution is -0.137. The highest BCUT2D eigenvalue weighted by Crippen LogP contribution is 2.33. The van der Waals surface area contributed by atoms with E-state index < -0.39 is 64.6 Å². The fourth-order valence-corrected chi connectivity index (χ4v) is 13.9. The standard InChI is InChI=1S/C26H23NO4S.C23H20F3NO4S.C23H23NO4S/c28-26(29)23-16-5-2-10-20(23)12-7-14-21-11-3-6-17-24(21)27-32(30,31)25-18-8-13-19-9-1-4-15-22(19)25;24-23(25,26)18-11-6-12-19(15-18)32(30,31)27-21-14-4-2-8-17(21)10-5-9-16-7-1-3-13-20(16)22(28)29;1-17-13-15-20(16-14-17)29(27,28)24-22-12-5-3-8-19(22)10-6-9-18-7-2-4-11-21(18)23(25)26/h1-6,8-11,13,15-18,27H,7,12,14H2,(H,28,29);1-4,6-8,11-15,27H,5,9-10H2,(H,28,29);2-5,7-8,11-16,24H,6,9-10H2,1H3,(H,25,26). The maximum absolute atomic E-state index is 13.2. The number of anilines is 3. The monoisotopic (exact) mass is 1320 g/mol. The maximum atomic E-state index is 13.2. The van der Waals surface area contributed by atoms with Gasteiger partial charge in [-0.2, -0.15) is 13.2 Å². The van der Waals surface area contributed by atoms with Gasteiger partial charge in [0.05, 0.1) is 54.0 Å². The molecule has 0 unspecified atom stereocenters. The van der Waals surface area contributed by atoms with Gasteiger partial charge < -0.3 is 15.3 Å². The second-order valence-corrected chi connectivity index (χ2v) is 26.6. The number of benzene rings is 10. The van der Waals surface area contributed by atoms with Gasteiger partial charge in [-0.15, -0.1) is 0 Å². The average molecular weight is 1320 g/mol. The van der Waals surface area contributed by atoms with Crippen LogP contribution in [0.2, 0.25) is 0 Å². The van der Waals surface area contributed by atoms with E-state index in [1.165, 1.54) is 12.1 Å². The van der Waals surface area contributed by atoms with Gasteiger partial charge in [0.25, 0.3) is 30.1 Å². The molecule has 0 heterocycles. The van der Waals surface area contributed by atoms with Gasteiger partial charge in [-0.3, -0.25) is 14.2 Å². The first-order valence-electron chi connectivity index (χ1n) is 29.4. The summed E-state index contributed by atoms with van der Waals surface area (Å²) in [6.45, 7) is 1.90. The van der Waals surface area contributed by atoms with Crippen LogP contribution in [0.4, 0.5) is 30.2 Å². The molecule has 0 aliphatic rings. The summed E-state index contributed by atoms with van der Waals surface area (Å²) in [5.41, 5.74) is 6.70. The Morgan fingerprint density at radius 3 is 1.12 bits per heavy atom. The van der Waals surface area contributed by atoms with Gasteiger partial charge in [-0.25, -0.2) is 39.6 Å². The number of aryl methyl sites for hydroxylation is 7. The van der Waals surface area contributed by atoms with E-state index in [9.17, 15) is 68.1 Å². The fraction of sp³-hybridized carbons (Fsp3) is 0.153. The number of carboxylic acid groups (broad SMARTS) is 3. The molecule has 10 rings (SSSR count). The van der Waals surface area contributed by atoms with Gasteiger partial charge in [-0.1, -0.05) is 169 Å². The van der Waals surface area contributed by atoms with Crippen LogP contribution in [0.3, 0.4) is 0 Å². The average Bonchev–Trinajstić information content (AvgIpc) is 0.883. The third-order valence-corrected chi connectivity index (χ3v) is 19.2. The first-order chi connectivity index (χ1) is 44.4. The molecule has 0 aliphatic heterocycles. The summed E-state index contributed by atoms with van der Waals surface area (Å²) in [7, 11) is -11.7. The topological polar surface area (TPSA) is 250 Å². The first-order valence-corrected chi connectivity index (χ1v) is 33.8. The van der Waals surface area contributed by atoms with Gasteiger partial charge in [0, 0.05) is 5.39 Å². The van der Waals surface area contributed by atoms with Crippen molar-refractivity contribution >= 4 is 75.8 Å². The van der Waals surface area contributed by atoms with Crippen molar-refractivity contribution in [2.45, 2.75) is 85.6 Å². The Hall–Kier alpha value is -10.1. The van der Waals surface area contributed by atoms with Gasteiger partial charge in [0.1, 0.15) is 0 Å². The number of sulfonamides is 3. The lowest BCUT2D eigenvalue weighted by Crippen LogP contribution is -2.15. The molecule has 0 bridgehead atoms. The predicted molar refractivity (Wildman–Crippen MR) is 355 cm³/mol. The Morgan fingerprint density at radius 1 is 0.366 bits per heavy atom. The van der Waals surface area contributed by atoms with Crippen LogP contribution in [0.25, 0.3) is 10.8 Å². The lowest BCUT2D eigenvalue weighted by atomic mass is 9.99. The largest absolute Gasteiger partial charge is 0.478 e. The molecule has 6 N–H and O–H groups in total. The summed E-state index contributed by atoms with van der Waals surface area (Å²) < 4.78 is 124. The molecule has 0 saturated heterocycles. The van der Waals surface area contributed by atoms with E-state index in [1.54, 1.807) is 127 Å². The number of rotatable bonds is 24. The molecule has 0 aliphatic carbocycles. The number of alkyl halides is 3. The highest BCUT2D eigenvalue weighted by molar-refractivity contribution is 7.93. The van der Waals surface area contributed by atoms with Crippen LogP contribution in [0.15, 0.2) is 251 Å². The molecule has 10 aromatic rings. The Bertz CT molecular complexity index is 4640. The van der Waals surface area contributed by atoms with Crippen molar-refractivity contribution in [2.24, 2.45) is 0 Å². The van der Waals surface area contributed by atoms with E-state index in [0.29, 0.717) is 103 Å². The van der Waals surface area contributed by atoms with Gasteiger partial charge in [0.2, 0.25) is 0 Å². The number of carboxylic acids is 3. The number of hydrogen-bond acceptors (Lipinski definition) is 9. The second kappa shape index (κ2) is 31.3. The number of para-hydroxylation sites is 3. The minimum absolute atomic E-state index is 0.214. The summed E-state index contributed by atoms with van der Waals surface area (Å²) in [6.07, 6.45) is 0.622. The second-order valence-electron chi connectivity index (χ2n) is 21.6. The molecule has 0 saturated carbocycles. The molecule has 0 spiro atoms. The third kappa shape index (κ3) is 19.0. The zero-order valence-electron chi connectivity index (χ0n) is 50.3. The zero-order valence-corrected chi connectivity index (χ0v) is 52.7. The Labute approximate surface area is 538 Å². The van der Waals surface area contributed by atoms with Crippen LogP contribution in [0.1, 0.15) is 94.8 Å². The Kier molecular flexibility index (Phi) is 23.2. The summed E-state index contributed by atoms with van der Waals surface area (Å²) in [5.74, 6) is -2.90. The molecule has 480 valence electrons. The summed E-state index contributed by atoms with van der Waals surface area (Å²) in [6, 6.07) is 64.6. The number of fused-ring (bicyclic) bond motifs is 1. The molecule has 93 heavy (non-hydrogen) atoms. The predicted octanol–water partition coefficient (Wildman–Crippen LogP) is 15.6.